The van der Waals surface area contributed by atoms with Crippen LogP contribution >= 0.6 is 0 Å². The van der Waals surface area contributed by atoms with E-state index < -0.39 is 92.2 Å². The monoisotopic (exact) mass is 638 g/mol. The number of hydrogen-bond donors (Lipinski definition) is 6. The van der Waals surface area contributed by atoms with Gasteiger partial charge in [0.2, 0.25) is 0 Å². The molecule has 0 saturated heterocycles. The summed E-state index contributed by atoms with van der Waals surface area (Å²) >= 11 is 0. The van der Waals surface area contributed by atoms with Crippen LogP contribution in [0.2, 0.25) is 0 Å². The van der Waals surface area contributed by atoms with Crippen LogP contribution in [0.4, 0.5) is 0 Å². The van der Waals surface area contributed by atoms with Gasteiger partial charge in [0.25, 0.3) is 11.2 Å². The van der Waals surface area contributed by atoms with Gasteiger partial charge in [0.15, 0.2) is 11.6 Å². The van der Waals surface area contributed by atoms with Gasteiger partial charge >= 0.3 is 11.9 Å². The number of rotatable bonds is 3. The molecule has 2 heterocycles. The second-order valence-electron chi connectivity index (χ2n) is 11.6. The molecule has 6 rings (SSSR count). The van der Waals surface area contributed by atoms with Gasteiger partial charge in [-0.3, -0.25) is 9.59 Å². The summed E-state index contributed by atoms with van der Waals surface area (Å²) in [5, 5.41) is 67.9. The molecule has 14 heteroatoms. The molecule has 6 N–H and O–H groups in total. The third-order valence-electron chi connectivity index (χ3n) is 9.17. The van der Waals surface area contributed by atoms with Gasteiger partial charge in [-0.15, -0.1) is 0 Å². The third-order valence-corrected chi connectivity index (χ3v) is 9.17. The summed E-state index contributed by atoms with van der Waals surface area (Å²) in [5.41, 5.74) is -6.62. The Morgan fingerprint density at radius 3 is 1.37 bits per heavy atom. The predicted molar refractivity (Wildman–Crippen MR) is 155 cm³/mol. The fraction of sp³-hybridized carbons (Fsp3) is 0.375. The van der Waals surface area contributed by atoms with Gasteiger partial charge in [-0.2, -0.15) is 0 Å². The molecule has 2 saturated carbocycles. The van der Waals surface area contributed by atoms with Crippen LogP contribution in [0.5, 0.6) is 23.0 Å². The fourth-order valence-electron chi connectivity index (χ4n) is 7.04. The van der Waals surface area contributed by atoms with E-state index in [-0.39, 0.29) is 59.4 Å². The van der Waals surface area contributed by atoms with Crippen molar-refractivity contribution in [3.63, 3.8) is 0 Å². The molecule has 4 aliphatic rings. The summed E-state index contributed by atoms with van der Waals surface area (Å²) in [7, 11) is 2.05. The first-order chi connectivity index (χ1) is 21.7. The molecule has 2 aromatic carbocycles. The van der Waals surface area contributed by atoms with Gasteiger partial charge in [-0.1, -0.05) is 0 Å². The van der Waals surface area contributed by atoms with E-state index in [4.69, 9.17) is 18.9 Å². The molecule has 2 fully saturated rings. The minimum absolute atomic E-state index is 0.0979. The summed E-state index contributed by atoms with van der Waals surface area (Å²) in [6, 6.07) is 2.62. The molecule has 0 spiro atoms. The number of ketones is 2. The standard InChI is InChI=1S/C32H30O14/c1-11-9-15-21(27(39)23-13(33)5-7-17(35)31(23,45-15)29(41)43-3)25(37)19(11)20-12(2)10-16-22(26(20)38)28(40)24-14(34)6-8-18(36)32(24,46-16)30(42)44-4/h9-10,17-18,35-40H,5-8H2,1-4H3/t17-,18-,31+,32+/m0/s1. The Bertz CT molecular complexity index is 1720. The first kappa shape index (κ1) is 30.9. The number of aliphatic hydroxyl groups excluding tert-OH is 4. The van der Waals surface area contributed by atoms with E-state index in [1.165, 1.54) is 26.0 Å². The zero-order valence-electron chi connectivity index (χ0n) is 25.1. The molecule has 46 heavy (non-hydrogen) atoms. The molecular formula is C32H30O14. The number of aromatic hydroxyl groups is 2. The molecule has 0 radical (unpaired) electrons. The van der Waals surface area contributed by atoms with Crippen LogP contribution < -0.4 is 9.47 Å². The van der Waals surface area contributed by atoms with E-state index in [1.807, 2.05) is 0 Å². The van der Waals surface area contributed by atoms with Crippen molar-refractivity contribution in [1.82, 2.24) is 0 Å². The largest absolute Gasteiger partial charge is 0.506 e. The lowest BCUT2D eigenvalue weighted by Gasteiger charge is -2.43. The summed E-state index contributed by atoms with van der Waals surface area (Å²) in [6.07, 6.45) is -3.96. The van der Waals surface area contributed by atoms with Crippen molar-refractivity contribution in [2.75, 3.05) is 14.2 Å². The number of carbonyl (C=O) groups excluding carboxylic acids is 4. The SMILES string of the molecule is COC(=O)[C@]12Oc3cc(C)c(-c4c(C)cc5c(c4O)C(O)=C4C(=O)CC[C@H](O)[C@@]4(C(=O)OC)O5)c(O)c3C(O)=C1C(=O)CC[C@@H]2O. The molecule has 0 bridgehead atoms. The van der Waals surface area contributed by atoms with E-state index in [1.54, 1.807) is 0 Å². The van der Waals surface area contributed by atoms with E-state index in [0.717, 1.165) is 14.2 Å². The minimum Gasteiger partial charge on any atom is -0.506 e. The highest BCUT2D eigenvalue weighted by molar-refractivity contribution is 6.14. The lowest BCUT2D eigenvalue weighted by Crippen LogP contribution is -2.61. The van der Waals surface area contributed by atoms with Crippen LogP contribution in [0.25, 0.3) is 22.6 Å². The first-order valence-electron chi connectivity index (χ1n) is 14.3. The fourth-order valence-corrected chi connectivity index (χ4v) is 7.04. The Labute approximate surface area is 260 Å². The average Bonchev–Trinajstić information content (AvgIpc) is 3.00. The Morgan fingerprint density at radius 1 is 0.696 bits per heavy atom. The number of hydrogen-bond acceptors (Lipinski definition) is 14. The van der Waals surface area contributed by atoms with E-state index >= 15 is 0 Å². The van der Waals surface area contributed by atoms with E-state index in [0.29, 0.717) is 0 Å². The number of aliphatic hydroxyl groups is 4. The van der Waals surface area contributed by atoms with Crippen LogP contribution in [0.3, 0.4) is 0 Å². The Balaban J connectivity index is 1.61. The minimum atomic E-state index is -2.40. The molecule has 0 aromatic heterocycles. The number of fused-ring (bicyclic) bond motifs is 4. The quantitative estimate of drug-likeness (QED) is 0.264. The third kappa shape index (κ3) is 3.70. The van der Waals surface area contributed by atoms with E-state index in [9.17, 15) is 49.8 Å². The second-order valence-corrected chi connectivity index (χ2v) is 11.6. The molecule has 14 nitrogen and oxygen atoms in total. The molecule has 0 unspecified atom stereocenters. The van der Waals surface area contributed by atoms with Crippen molar-refractivity contribution in [2.24, 2.45) is 0 Å². The highest BCUT2D eigenvalue weighted by Crippen LogP contribution is 2.57. The van der Waals surface area contributed by atoms with Gasteiger partial charge in [-0.25, -0.2) is 9.59 Å². The number of Topliss-reactive ketones (excluding diaryl/α,β-unsaturated/α-hetero) is 2. The van der Waals surface area contributed by atoms with Crippen molar-refractivity contribution >= 4 is 35.0 Å². The lowest BCUT2D eigenvalue weighted by atomic mass is 9.73. The van der Waals surface area contributed by atoms with Gasteiger partial charge in [0.05, 0.1) is 25.4 Å². The van der Waals surface area contributed by atoms with Gasteiger partial charge in [-0.05, 0) is 49.9 Å². The number of ether oxygens (including phenoxy) is 4. The highest BCUT2D eigenvalue weighted by Gasteiger charge is 2.62. The molecule has 2 aliphatic carbocycles. The number of benzene rings is 2. The number of methoxy groups -OCH3 is 2. The maximum Gasteiger partial charge on any atom is 0.358 e. The zero-order valence-corrected chi connectivity index (χ0v) is 25.1. The van der Waals surface area contributed by atoms with Crippen LogP contribution in [-0.4, -0.2) is 91.8 Å². The molecule has 0 amide bonds. The number of phenols is 2. The van der Waals surface area contributed by atoms with Crippen LogP contribution in [0.15, 0.2) is 23.3 Å². The lowest BCUT2D eigenvalue weighted by molar-refractivity contribution is -0.170. The Kier molecular flexibility index (Phi) is 6.87. The molecule has 2 aliphatic heterocycles. The van der Waals surface area contributed by atoms with Crippen molar-refractivity contribution in [3.8, 4) is 34.1 Å². The van der Waals surface area contributed by atoms with Crippen molar-refractivity contribution in [3.05, 3.63) is 45.5 Å². The highest BCUT2D eigenvalue weighted by atomic mass is 16.6. The van der Waals surface area contributed by atoms with Gasteiger partial charge in [0.1, 0.15) is 57.9 Å². The number of phenolic OH excluding ortho intramolecular Hbond substituents is 2. The first-order valence-corrected chi connectivity index (χ1v) is 14.3. The van der Waals surface area contributed by atoms with E-state index in [2.05, 4.69) is 0 Å². The Morgan fingerprint density at radius 2 is 1.04 bits per heavy atom. The molecule has 242 valence electrons. The topological polar surface area (TPSA) is 227 Å². The summed E-state index contributed by atoms with van der Waals surface area (Å²) in [5.74, 6) is -7.35. The van der Waals surface area contributed by atoms with Crippen LogP contribution in [0.1, 0.15) is 47.9 Å². The maximum atomic E-state index is 13.1. The molecule has 4 atom stereocenters. The van der Waals surface area contributed by atoms with Gasteiger partial charge < -0.3 is 49.6 Å². The van der Waals surface area contributed by atoms with Crippen LogP contribution in [-0.2, 0) is 28.7 Å². The summed E-state index contributed by atoms with van der Waals surface area (Å²) in [6.45, 7) is 3.00. The molecule has 2 aromatic rings. The zero-order chi connectivity index (χ0) is 33.6. The average molecular weight is 639 g/mol. The van der Waals surface area contributed by atoms with Crippen molar-refractivity contribution in [2.45, 2.75) is 62.9 Å². The second kappa shape index (κ2) is 10.2. The maximum absolute atomic E-state index is 13.1. The smallest absolute Gasteiger partial charge is 0.358 e. The van der Waals surface area contributed by atoms with Crippen molar-refractivity contribution < 1.29 is 68.8 Å². The number of aryl methyl sites for hydroxylation is 2. The normalized spacial score (nSPS) is 26.7. The Hall–Kier alpha value is -5.08. The van der Waals surface area contributed by atoms with Crippen LogP contribution in [0, 0.1) is 13.8 Å². The number of carbonyl (C=O) groups is 4. The van der Waals surface area contributed by atoms with Crippen molar-refractivity contribution in [1.29, 1.82) is 0 Å². The summed E-state index contributed by atoms with van der Waals surface area (Å²) in [4.78, 5) is 52.0. The summed E-state index contributed by atoms with van der Waals surface area (Å²) < 4.78 is 21.5. The molecular weight excluding hydrogens is 608 g/mol. The number of esters is 2. The van der Waals surface area contributed by atoms with Gasteiger partial charge in [0, 0.05) is 24.0 Å². The predicted octanol–water partition coefficient (Wildman–Crippen LogP) is 1.98.